The van der Waals surface area contributed by atoms with Gasteiger partial charge in [0.15, 0.2) is 0 Å². The monoisotopic (exact) mass is 387 g/mol. The maximum Gasteiger partial charge on any atom is 0.253 e. The molecule has 28 heavy (non-hydrogen) atoms. The smallest absolute Gasteiger partial charge is 0.253 e. The van der Waals surface area contributed by atoms with E-state index in [9.17, 15) is 9.59 Å². The standard InChI is InChI=1S/C23H37N3O2/c1-16(2)17(3)24-22(28)19-9-7-8-10-20(19)26-13-11-18(12-14-26)25-21(27)15-23(4,5)6/h7-10,16-18H,11-15H2,1-6H3,(H,24,28)(H,25,27). The van der Waals surface area contributed by atoms with Gasteiger partial charge in [-0.3, -0.25) is 9.59 Å². The van der Waals surface area contributed by atoms with Gasteiger partial charge in [0, 0.05) is 37.3 Å². The van der Waals surface area contributed by atoms with Crippen LogP contribution in [0.5, 0.6) is 0 Å². The van der Waals surface area contributed by atoms with E-state index in [-0.39, 0.29) is 29.3 Å². The van der Waals surface area contributed by atoms with Crippen molar-refractivity contribution in [3.05, 3.63) is 29.8 Å². The van der Waals surface area contributed by atoms with E-state index in [4.69, 9.17) is 0 Å². The summed E-state index contributed by atoms with van der Waals surface area (Å²) in [6.07, 6.45) is 2.34. The summed E-state index contributed by atoms with van der Waals surface area (Å²) in [7, 11) is 0. The molecule has 0 radical (unpaired) electrons. The first-order valence-electron chi connectivity index (χ1n) is 10.5. The van der Waals surface area contributed by atoms with E-state index in [0.29, 0.717) is 12.3 Å². The molecule has 0 bridgehead atoms. The highest BCUT2D eigenvalue weighted by Crippen LogP contribution is 2.25. The number of hydrogen-bond acceptors (Lipinski definition) is 3. The molecule has 0 spiro atoms. The molecule has 0 aromatic heterocycles. The van der Waals surface area contributed by atoms with Crippen molar-refractivity contribution in [1.29, 1.82) is 0 Å². The van der Waals surface area contributed by atoms with Crippen LogP contribution in [0.2, 0.25) is 0 Å². The summed E-state index contributed by atoms with van der Waals surface area (Å²) in [5.41, 5.74) is 1.71. The van der Waals surface area contributed by atoms with E-state index < -0.39 is 0 Å². The van der Waals surface area contributed by atoms with Crippen LogP contribution in [0.3, 0.4) is 0 Å². The number of anilines is 1. The molecular formula is C23H37N3O2. The van der Waals surface area contributed by atoms with E-state index in [0.717, 1.165) is 37.2 Å². The van der Waals surface area contributed by atoms with Gasteiger partial charge >= 0.3 is 0 Å². The number of amides is 2. The molecule has 1 heterocycles. The number of carbonyl (C=O) groups excluding carboxylic acids is 2. The van der Waals surface area contributed by atoms with E-state index >= 15 is 0 Å². The van der Waals surface area contributed by atoms with Gasteiger partial charge in [0.05, 0.1) is 5.56 Å². The van der Waals surface area contributed by atoms with Gasteiger partial charge < -0.3 is 15.5 Å². The van der Waals surface area contributed by atoms with Crippen LogP contribution in [0.15, 0.2) is 24.3 Å². The first kappa shape index (κ1) is 22.3. The number of carbonyl (C=O) groups is 2. The number of nitrogens with zero attached hydrogens (tertiary/aromatic N) is 1. The Morgan fingerprint density at radius 2 is 1.71 bits per heavy atom. The van der Waals surface area contributed by atoms with Crippen LogP contribution in [0.1, 0.15) is 71.2 Å². The van der Waals surface area contributed by atoms with E-state index in [1.54, 1.807) is 0 Å². The number of rotatable bonds is 6. The molecule has 1 atom stereocenters. The summed E-state index contributed by atoms with van der Waals surface area (Å²) in [4.78, 5) is 27.2. The number of benzene rings is 1. The minimum absolute atomic E-state index is 0.00418. The Labute approximate surface area is 170 Å². The van der Waals surface area contributed by atoms with Crippen LogP contribution in [-0.2, 0) is 4.79 Å². The lowest BCUT2D eigenvalue weighted by Crippen LogP contribution is -2.46. The number of para-hydroxylation sites is 1. The Balaban J connectivity index is 1.97. The van der Waals surface area contributed by atoms with Crippen molar-refractivity contribution < 1.29 is 9.59 Å². The third kappa shape index (κ3) is 6.54. The Hall–Kier alpha value is -2.04. The lowest BCUT2D eigenvalue weighted by Gasteiger charge is -2.35. The highest BCUT2D eigenvalue weighted by Gasteiger charge is 2.25. The van der Waals surface area contributed by atoms with Gasteiger partial charge in [0.25, 0.3) is 5.91 Å². The average molecular weight is 388 g/mol. The predicted molar refractivity (Wildman–Crippen MR) is 116 cm³/mol. The van der Waals surface area contributed by atoms with Crippen LogP contribution in [0.4, 0.5) is 5.69 Å². The fourth-order valence-electron chi connectivity index (χ4n) is 3.42. The summed E-state index contributed by atoms with van der Waals surface area (Å²) in [6.45, 7) is 14.2. The second kappa shape index (κ2) is 9.44. The first-order chi connectivity index (χ1) is 13.1. The molecule has 156 valence electrons. The molecule has 5 heteroatoms. The van der Waals surface area contributed by atoms with Gasteiger partial charge in [0.1, 0.15) is 0 Å². The van der Waals surface area contributed by atoms with Crippen molar-refractivity contribution in [1.82, 2.24) is 10.6 Å². The summed E-state index contributed by atoms with van der Waals surface area (Å²) < 4.78 is 0. The maximum atomic E-state index is 12.8. The summed E-state index contributed by atoms with van der Waals surface area (Å²) in [5.74, 6) is 0.509. The van der Waals surface area contributed by atoms with Crippen molar-refractivity contribution in [2.45, 2.75) is 72.9 Å². The van der Waals surface area contributed by atoms with Gasteiger partial charge in [-0.15, -0.1) is 0 Å². The van der Waals surface area contributed by atoms with Gasteiger partial charge in [-0.1, -0.05) is 46.8 Å². The fourth-order valence-corrected chi connectivity index (χ4v) is 3.42. The fraction of sp³-hybridized carbons (Fsp3) is 0.652. The number of piperidine rings is 1. The zero-order valence-electron chi connectivity index (χ0n) is 18.3. The molecule has 5 nitrogen and oxygen atoms in total. The zero-order chi connectivity index (χ0) is 20.9. The number of hydrogen-bond donors (Lipinski definition) is 2. The minimum atomic E-state index is -0.0163. The van der Waals surface area contributed by atoms with Crippen LogP contribution < -0.4 is 15.5 Å². The molecule has 1 aromatic rings. The second-order valence-electron chi connectivity index (χ2n) is 9.59. The lowest BCUT2D eigenvalue weighted by molar-refractivity contribution is -0.123. The summed E-state index contributed by atoms with van der Waals surface area (Å²) >= 11 is 0. The van der Waals surface area contributed by atoms with Crippen molar-refractivity contribution >= 4 is 17.5 Å². The third-order valence-corrected chi connectivity index (χ3v) is 5.40. The minimum Gasteiger partial charge on any atom is -0.371 e. The van der Waals surface area contributed by atoms with E-state index in [1.165, 1.54) is 0 Å². The van der Waals surface area contributed by atoms with Crippen molar-refractivity contribution in [3.63, 3.8) is 0 Å². The molecular weight excluding hydrogens is 350 g/mol. The van der Waals surface area contributed by atoms with Crippen LogP contribution in [0.25, 0.3) is 0 Å². The Morgan fingerprint density at radius 1 is 1.11 bits per heavy atom. The van der Waals surface area contributed by atoms with Crippen LogP contribution in [-0.4, -0.2) is 37.0 Å². The summed E-state index contributed by atoms with van der Waals surface area (Å²) in [6, 6.07) is 8.16. The molecule has 1 unspecified atom stereocenters. The van der Waals surface area contributed by atoms with E-state index in [2.05, 4.69) is 50.2 Å². The quantitative estimate of drug-likeness (QED) is 0.776. The van der Waals surface area contributed by atoms with Gasteiger partial charge in [-0.25, -0.2) is 0 Å². The lowest BCUT2D eigenvalue weighted by atomic mass is 9.91. The van der Waals surface area contributed by atoms with E-state index in [1.807, 2.05) is 31.2 Å². The average Bonchev–Trinajstić information content (AvgIpc) is 2.60. The summed E-state index contributed by atoms with van der Waals surface area (Å²) in [5, 5.41) is 6.29. The number of nitrogens with one attached hydrogen (secondary N) is 2. The first-order valence-corrected chi connectivity index (χ1v) is 10.5. The molecule has 0 saturated carbocycles. The zero-order valence-corrected chi connectivity index (χ0v) is 18.3. The van der Waals surface area contributed by atoms with Crippen molar-refractivity contribution in [2.75, 3.05) is 18.0 Å². The largest absolute Gasteiger partial charge is 0.371 e. The molecule has 1 aliphatic heterocycles. The topological polar surface area (TPSA) is 61.4 Å². The van der Waals surface area contributed by atoms with Crippen molar-refractivity contribution in [2.24, 2.45) is 11.3 Å². The molecule has 1 saturated heterocycles. The van der Waals surface area contributed by atoms with Gasteiger partial charge in [-0.05, 0) is 43.2 Å². The third-order valence-electron chi connectivity index (χ3n) is 5.40. The SMILES string of the molecule is CC(C)C(C)NC(=O)c1ccccc1N1CCC(NC(=O)CC(C)(C)C)CC1. The van der Waals surface area contributed by atoms with Gasteiger partial charge in [-0.2, -0.15) is 0 Å². The van der Waals surface area contributed by atoms with Crippen molar-refractivity contribution in [3.8, 4) is 0 Å². The predicted octanol–water partition coefficient (Wildman–Crippen LogP) is 3.98. The van der Waals surface area contributed by atoms with Gasteiger partial charge in [0.2, 0.25) is 5.91 Å². The highest BCUT2D eigenvalue weighted by atomic mass is 16.2. The molecule has 2 rings (SSSR count). The Bertz CT molecular complexity index is 671. The molecule has 0 aliphatic carbocycles. The highest BCUT2D eigenvalue weighted by molar-refractivity contribution is 6.00. The van der Waals surface area contributed by atoms with Crippen LogP contribution in [0, 0.1) is 11.3 Å². The molecule has 1 aromatic carbocycles. The Kier molecular flexibility index (Phi) is 7.50. The molecule has 2 amide bonds. The van der Waals surface area contributed by atoms with Crippen LogP contribution >= 0.6 is 0 Å². The second-order valence-corrected chi connectivity index (χ2v) is 9.59. The normalized spacial score (nSPS) is 16.8. The molecule has 2 N–H and O–H groups in total. The Morgan fingerprint density at radius 3 is 2.29 bits per heavy atom. The molecule has 1 fully saturated rings. The molecule has 1 aliphatic rings. The maximum absolute atomic E-state index is 12.8.